The Kier molecular flexibility index (Phi) is 8.01. The lowest BCUT2D eigenvalue weighted by Gasteiger charge is -2.14. The predicted molar refractivity (Wildman–Crippen MR) is 100 cm³/mol. The Labute approximate surface area is 153 Å². The highest BCUT2D eigenvalue weighted by molar-refractivity contribution is 7.98. The second-order valence-electron chi connectivity index (χ2n) is 6.11. The van der Waals surface area contributed by atoms with Crippen LogP contribution >= 0.6 is 11.8 Å². The summed E-state index contributed by atoms with van der Waals surface area (Å²) in [6.45, 7) is 0.479. The summed E-state index contributed by atoms with van der Waals surface area (Å²) < 4.78 is 0. The molecule has 5 nitrogen and oxygen atoms in total. The molecule has 0 spiro atoms. The second-order valence-corrected chi connectivity index (χ2v) is 6.99. The topological polar surface area (TPSA) is 78.4 Å². The highest BCUT2D eigenvalue weighted by Gasteiger charge is 2.15. The molecule has 6 heteroatoms. The van der Waals surface area contributed by atoms with Crippen LogP contribution in [0.15, 0.2) is 40.8 Å². The summed E-state index contributed by atoms with van der Waals surface area (Å²) in [7, 11) is 0. The van der Waals surface area contributed by atoms with Gasteiger partial charge in [-0.1, -0.05) is 23.8 Å². The van der Waals surface area contributed by atoms with E-state index in [1.165, 1.54) is 18.4 Å². The number of aliphatic hydroxyl groups is 1. The molecule has 0 radical (unpaired) electrons. The van der Waals surface area contributed by atoms with Crippen molar-refractivity contribution in [2.45, 2.75) is 43.1 Å². The van der Waals surface area contributed by atoms with E-state index in [1.807, 2.05) is 30.5 Å². The van der Waals surface area contributed by atoms with Gasteiger partial charge in [0.15, 0.2) is 0 Å². The van der Waals surface area contributed by atoms with Gasteiger partial charge in [-0.2, -0.15) is 0 Å². The third-order valence-corrected chi connectivity index (χ3v) is 5.02. The molecule has 1 unspecified atom stereocenters. The van der Waals surface area contributed by atoms with E-state index in [0.717, 1.165) is 24.2 Å². The number of allylic oxidation sites excluding steroid dienone is 1. The summed E-state index contributed by atoms with van der Waals surface area (Å²) >= 11 is 1.62. The number of hydrogen-bond acceptors (Lipinski definition) is 4. The standard InChI is InChI=1S/C19H26N2O3S/c1-25-16-9-7-15(8-10-16)17(22)13-21-19(24)18(23)20-12-11-14-5-3-2-4-6-14/h5,7-10,17,22H,2-4,6,11-13H2,1H3,(H,20,23)(H,21,24). The van der Waals surface area contributed by atoms with Gasteiger partial charge in [-0.25, -0.2) is 0 Å². The molecular formula is C19H26N2O3S. The molecule has 2 amide bonds. The smallest absolute Gasteiger partial charge is 0.309 e. The van der Waals surface area contributed by atoms with Crippen molar-refractivity contribution in [2.75, 3.05) is 19.3 Å². The van der Waals surface area contributed by atoms with Gasteiger partial charge in [-0.15, -0.1) is 11.8 Å². The quantitative estimate of drug-likeness (QED) is 0.396. The zero-order chi connectivity index (χ0) is 18.1. The lowest BCUT2D eigenvalue weighted by Crippen LogP contribution is -2.41. The van der Waals surface area contributed by atoms with Crippen LogP contribution in [-0.2, 0) is 9.59 Å². The molecule has 0 saturated carbocycles. The summed E-state index contributed by atoms with van der Waals surface area (Å²) in [6, 6.07) is 7.47. The van der Waals surface area contributed by atoms with E-state index >= 15 is 0 Å². The number of aliphatic hydroxyl groups excluding tert-OH is 1. The summed E-state index contributed by atoms with van der Waals surface area (Å²) in [4.78, 5) is 24.7. The van der Waals surface area contributed by atoms with Crippen LogP contribution in [0.5, 0.6) is 0 Å². The monoisotopic (exact) mass is 362 g/mol. The zero-order valence-electron chi connectivity index (χ0n) is 14.6. The highest BCUT2D eigenvalue weighted by atomic mass is 32.2. The largest absolute Gasteiger partial charge is 0.387 e. The lowest BCUT2D eigenvalue weighted by atomic mass is 9.97. The Balaban J connectivity index is 1.69. The fourth-order valence-corrected chi connectivity index (χ4v) is 3.17. The SMILES string of the molecule is CSc1ccc(C(O)CNC(=O)C(=O)NCCC2=CCCCC2)cc1. The Morgan fingerprint density at radius 1 is 1.16 bits per heavy atom. The van der Waals surface area contributed by atoms with Gasteiger partial charge in [0.2, 0.25) is 0 Å². The number of rotatable bonds is 7. The van der Waals surface area contributed by atoms with Gasteiger partial charge < -0.3 is 15.7 Å². The van der Waals surface area contributed by atoms with Crippen LogP contribution in [-0.4, -0.2) is 36.3 Å². The van der Waals surface area contributed by atoms with E-state index < -0.39 is 17.9 Å². The number of hydrogen-bond donors (Lipinski definition) is 3. The molecule has 2 rings (SSSR count). The van der Waals surface area contributed by atoms with Crippen LogP contribution in [0, 0.1) is 0 Å². The number of carbonyl (C=O) groups excluding carboxylic acids is 2. The number of nitrogens with one attached hydrogen (secondary N) is 2. The third kappa shape index (κ3) is 6.55. The molecule has 0 aliphatic heterocycles. The van der Waals surface area contributed by atoms with Crippen molar-refractivity contribution >= 4 is 23.6 Å². The first-order valence-electron chi connectivity index (χ1n) is 8.66. The van der Waals surface area contributed by atoms with Gasteiger partial charge in [0.1, 0.15) is 0 Å². The number of benzene rings is 1. The van der Waals surface area contributed by atoms with Crippen molar-refractivity contribution in [1.29, 1.82) is 0 Å². The molecule has 25 heavy (non-hydrogen) atoms. The number of carbonyl (C=O) groups is 2. The fraction of sp³-hybridized carbons (Fsp3) is 0.474. The fourth-order valence-electron chi connectivity index (χ4n) is 2.76. The van der Waals surface area contributed by atoms with Gasteiger partial charge in [-0.05, 0) is 56.1 Å². The first-order valence-corrected chi connectivity index (χ1v) is 9.88. The van der Waals surface area contributed by atoms with Gasteiger partial charge in [0, 0.05) is 18.0 Å². The van der Waals surface area contributed by atoms with E-state index in [9.17, 15) is 14.7 Å². The molecule has 0 saturated heterocycles. The van der Waals surface area contributed by atoms with Crippen molar-refractivity contribution in [3.63, 3.8) is 0 Å². The van der Waals surface area contributed by atoms with E-state index in [0.29, 0.717) is 12.1 Å². The lowest BCUT2D eigenvalue weighted by molar-refractivity contribution is -0.139. The first-order chi connectivity index (χ1) is 12.1. The van der Waals surface area contributed by atoms with E-state index in [-0.39, 0.29) is 6.54 Å². The van der Waals surface area contributed by atoms with E-state index in [1.54, 1.807) is 11.8 Å². The number of thioether (sulfide) groups is 1. The molecule has 0 fully saturated rings. The van der Waals surface area contributed by atoms with Crippen molar-refractivity contribution in [3.8, 4) is 0 Å². The van der Waals surface area contributed by atoms with Gasteiger partial charge in [0.25, 0.3) is 0 Å². The van der Waals surface area contributed by atoms with Crippen LogP contribution in [0.25, 0.3) is 0 Å². The maximum absolute atomic E-state index is 11.8. The van der Waals surface area contributed by atoms with Gasteiger partial charge in [0.05, 0.1) is 6.10 Å². The van der Waals surface area contributed by atoms with Crippen LogP contribution in [0.2, 0.25) is 0 Å². The Morgan fingerprint density at radius 3 is 2.52 bits per heavy atom. The molecule has 1 aromatic rings. The number of amides is 2. The third-order valence-electron chi connectivity index (χ3n) is 4.28. The first kappa shape index (κ1) is 19.5. The molecule has 0 bridgehead atoms. The maximum atomic E-state index is 11.8. The maximum Gasteiger partial charge on any atom is 0.309 e. The van der Waals surface area contributed by atoms with Crippen LogP contribution in [0.3, 0.4) is 0 Å². The Bertz CT molecular complexity index is 614. The average molecular weight is 362 g/mol. The molecule has 136 valence electrons. The van der Waals surface area contributed by atoms with Crippen LogP contribution in [0.1, 0.15) is 43.8 Å². The van der Waals surface area contributed by atoms with Gasteiger partial charge in [-0.3, -0.25) is 9.59 Å². The normalized spacial score (nSPS) is 15.2. The molecular weight excluding hydrogens is 336 g/mol. The molecule has 0 aromatic heterocycles. The van der Waals surface area contributed by atoms with Crippen LogP contribution < -0.4 is 10.6 Å². The van der Waals surface area contributed by atoms with Crippen molar-refractivity contribution < 1.29 is 14.7 Å². The molecule has 1 atom stereocenters. The minimum atomic E-state index is -0.833. The summed E-state index contributed by atoms with van der Waals surface area (Å²) in [6.07, 6.45) is 8.81. The minimum Gasteiger partial charge on any atom is -0.387 e. The molecule has 0 heterocycles. The zero-order valence-corrected chi connectivity index (χ0v) is 15.4. The molecule has 1 aromatic carbocycles. The minimum absolute atomic E-state index is 0.00994. The van der Waals surface area contributed by atoms with E-state index in [4.69, 9.17) is 0 Å². The molecule has 1 aliphatic rings. The van der Waals surface area contributed by atoms with Crippen molar-refractivity contribution in [1.82, 2.24) is 10.6 Å². The van der Waals surface area contributed by atoms with E-state index in [2.05, 4.69) is 16.7 Å². The van der Waals surface area contributed by atoms with Gasteiger partial charge >= 0.3 is 11.8 Å². The average Bonchev–Trinajstić information content (AvgIpc) is 2.66. The Morgan fingerprint density at radius 2 is 1.88 bits per heavy atom. The highest BCUT2D eigenvalue weighted by Crippen LogP contribution is 2.19. The summed E-state index contributed by atoms with van der Waals surface area (Å²) in [5, 5.41) is 15.2. The predicted octanol–water partition coefficient (Wildman–Crippen LogP) is 2.56. The summed E-state index contributed by atoms with van der Waals surface area (Å²) in [5.74, 6) is -1.36. The second kappa shape index (κ2) is 10.3. The summed E-state index contributed by atoms with van der Waals surface area (Å²) in [5.41, 5.74) is 2.07. The Hall–Kier alpha value is -1.79. The molecule has 3 N–H and O–H groups in total. The van der Waals surface area contributed by atoms with Crippen LogP contribution in [0.4, 0.5) is 0 Å². The molecule has 1 aliphatic carbocycles. The van der Waals surface area contributed by atoms with Crippen molar-refractivity contribution in [2.24, 2.45) is 0 Å². The van der Waals surface area contributed by atoms with Crippen molar-refractivity contribution in [3.05, 3.63) is 41.5 Å².